The van der Waals surface area contributed by atoms with Crippen molar-refractivity contribution in [2.45, 2.75) is 32.2 Å². The zero-order valence-electron chi connectivity index (χ0n) is 10.9. The number of hydrogen-bond donors (Lipinski definition) is 1. The molecule has 1 saturated carbocycles. The van der Waals surface area contributed by atoms with Crippen LogP contribution in [0.1, 0.15) is 37.0 Å². The molecule has 1 aliphatic carbocycles. The van der Waals surface area contributed by atoms with Crippen molar-refractivity contribution in [2.24, 2.45) is 5.92 Å². The number of halogens is 1. The molecule has 1 aromatic rings. The van der Waals surface area contributed by atoms with Crippen molar-refractivity contribution in [3.8, 4) is 5.75 Å². The number of ether oxygens (including phenoxy) is 1. The molecule has 0 bridgehead atoms. The predicted molar refractivity (Wildman–Crippen MR) is 75.0 cm³/mol. The number of hydrogen-bond acceptors (Lipinski definition) is 2. The Kier molecular flexibility index (Phi) is 3.66. The maximum absolute atomic E-state index is 12.3. The van der Waals surface area contributed by atoms with Crippen LogP contribution in [0.5, 0.6) is 5.75 Å². The molecule has 0 saturated heterocycles. The lowest BCUT2D eigenvalue weighted by molar-refractivity contribution is 0.0902. The van der Waals surface area contributed by atoms with Crippen molar-refractivity contribution in [2.75, 3.05) is 7.11 Å². The monoisotopic (exact) mass is 311 g/mol. The summed E-state index contributed by atoms with van der Waals surface area (Å²) in [7, 11) is 1.60. The Morgan fingerprint density at radius 2 is 2.11 bits per heavy atom. The lowest BCUT2D eigenvalue weighted by atomic mass is 9.98. The highest BCUT2D eigenvalue weighted by Crippen LogP contribution is 2.39. The van der Waals surface area contributed by atoms with Gasteiger partial charge in [0.1, 0.15) is 5.75 Å². The van der Waals surface area contributed by atoms with E-state index in [1.807, 2.05) is 12.1 Å². The van der Waals surface area contributed by atoms with Gasteiger partial charge in [0, 0.05) is 10.0 Å². The summed E-state index contributed by atoms with van der Waals surface area (Å²) in [6.45, 7) is 4.16. The van der Waals surface area contributed by atoms with Gasteiger partial charge in [-0.2, -0.15) is 0 Å². The highest BCUT2D eigenvalue weighted by molar-refractivity contribution is 9.10. The quantitative estimate of drug-likeness (QED) is 0.925. The molecule has 1 aromatic carbocycles. The van der Waals surface area contributed by atoms with E-state index in [0.29, 0.717) is 17.2 Å². The Morgan fingerprint density at radius 1 is 1.44 bits per heavy atom. The summed E-state index contributed by atoms with van der Waals surface area (Å²) in [5.41, 5.74) is 0.475. The van der Waals surface area contributed by atoms with Gasteiger partial charge in [0.25, 0.3) is 5.91 Å². The minimum absolute atomic E-state index is 0.0577. The van der Waals surface area contributed by atoms with Gasteiger partial charge in [-0.25, -0.2) is 0 Å². The molecule has 3 nitrogen and oxygen atoms in total. The Labute approximate surface area is 116 Å². The molecule has 1 N–H and O–H groups in total. The molecule has 0 aromatic heterocycles. The largest absolute Gasteiger partial charge is 0.497 e. The standard InChI is InChI=1S/C14H18BrNO2/c1-14(2,9-4-5-9)16-13(17)11-8-10(18-3)6-7-12(11)15/h6-9H,4-5H2,1-3H3,(H,16,17). The molecule has 0 radical (unpaired) electrons. The van der Waals surface area contributed by atoms with Crippen LogP contribution in [0.2, 0.25) is 0 Å². The Balaban J connectivity index is 2.17. The van der Waals surface area contributed by atoms with Gasteiger partial charge in [0.05, 0.1) is 12.7 Å². The number of benzene rings is 1. The second-order valence-electron chi connectivity index (χ2n) is 5.30. The molecular formula is C14H18BrNO2. The molecule has 4 heteroatoms. The van der Waals surface area contributed by atoms with Crippen LogP contribution >= 0.6 is 15.9 Å². The van der Waals surface area contributed by atoms with Crippen LogP contribution in [0.4, 0.5) is 0 Å². The highest BCUT2D eigenvalue weighted by Gasteiger charge is 2.39. The fourth-order valence-electron chi connectivity index (χ4n) is 2.07. The summed E-state index contributed by atoms with van der Waals surface area (Å²) in [5.74, 6) is 1.23. The molecule has 0 atom stereocenters. The first-order valence-corrected chi connectivity index (χ1v) is 6.89. The van der Waals surface area contributed by atoms with Crippen molar-refractivity contribution >= 4 is 21.8 Å². The van der Waals surface area contributed by atoms with E-state index in [4.69, 9.17) is 4.74 Å². The van der Waals surface area contributed by atoms with E-state index in [1.165, 1.54) is 12.8 Å². The third-order valence-corrected chi connectivity index (χ3v) is 4.14. The van der Waals surface area contributed by atoms with E-state index in [-0.39, 0.29) is 11.4 Å². The molecule has 1 fully saturated rings. The van der Waals surface area contributed by atoms with E-state index >= 15 is 0 Å². The minimum Gasteiger partial charge on any atom is -0.497 e. The van der Waals surface area contributed by atoms with E-state index < -0.39 is 0 Å². The average molecular weight is 312 g/mol. The number of nitrogens with one attached hydrogen (secondary N) is 1. The molecular weight excluding hydrogens is 294 g/mol. The van der Waals surface area contributed by atoms with Crippen molar-refractivity contribution < 1.29 is 9.53 Å². The van der Waals surface area contributed by atoms with Gasteiger partial charge in [-0.05, 0) is 66.7 Å². The fourth-order valence-corrected chi connectivity index (χ4v) is 2.50. The molecule has 0 spiro atoms. The lowest BCUT2D eigenvalue weighted by Gasteiger charge is -2.26. The van der Waals surface area contributed by atoms with Crippen LogP contribution < -0.4 is 10.1 Å². The van der Waals surface area contributed by atoms with Gasteiger partial charge < -0.3 is 10.1 Å². The molecule has 1 amide bonds. The second kappa shape index (κ2) is 4.92. The Morgan fingerprint density at radius 3 is 2.67 bits per heavy atom. The second-order valence-corrected chi connectivity index (χ2v) is 6.15. The van der Waals surface area contributed by atoms with Crippen LogP contribution in [0.25, 0.3) is 0 Å². The minimum atomic E-state index is -0.139. The number of rotatable bonds is 4. The van der Waals surface area contributed by atoms with Gasteiger partial charge in [0.2, 0.25) is 0 Å². The Hall–Kier alpha value is -1.03. The van der Waals surface area contributed by atoms with E-state index in [1.54, 1.807) is 13.2 Å². The summed E-state index contributed by atoms with van der Waals surface area (Å²) >= 11 is 3.40. The highest BCUT2D eigenvalue weighted by atomic mass is 79.9. The molecule has 0 aliphatic heterocycles. The van der Waals surface area contributed by atoms with Crippen LogP contribution in [-0.4, -0.2) is 18.6 Å². The predicted octanol–water partition coefficient (Wildman–Crippen LogP) is 3.38. The maximum atomic E-state index is 12.3. The number of carbonyl (C=O) groups excluding carboxylic acids is 1. The number of methoxy groups -OCH3 is 1. The third-order valence-electron chi connectivity index (χ3n) is 3.45. The summed E-state index contributed by atoms with van der Waals surface area (Å²) in [4.78, 5) is 12.3. The van der Waals surface area contributed by atoms with Crippen molar-refractivity contribution in [3.05, 3.63) is 28.2 Å². The number of carbonyl (C=O) groups is 1. The van der Waals surface area contributed by atoms with Crippen molar-refractivity contribution in [3.63, 3.8) is 0 Å². The third kappa shape index (κ3) is 2.86. The van der Waals surface area contributed by atoms with E-state index in [0.717, 1.165) is 4.47 Å². The van der Waals surface area contributed by atoms with Gasteiger partial charge >= 0.3 is 0 Å². The maximum Gasteiger partial charge on any atom is 0.252 e. The summed E-state index contributed by atoms with van der Waals surface area (Å²) in [6.07, 6.45) is 2.40. The number of amides is 1. The topological polar surface area (TPSA) is 38.3 Å². The van der Waals surface area contributed by atoms with Crippen LogP contribution in [0.3, 0.4) is 0 Å². The lowest BCUT2D eigenvalue weighted by Crippen LogP contribution is -2.45. The van der Waals surface area contributed by atoms with Crippen LogP contribution in [-0.2, 0) is 0 Å². The first-order valence-electron chi connectivity index (χ1n) is 6.10. The zero-order chi connectivity index (χ0) is 13.3. The fraction of sp³-hybridized carbons (Fsp3) is 0.500. The average Bonchev–Trinajstić information content (AvgIpc) is 3.13. The van der Waals surface area contributed by atoms with Crippen LogP contribution in [0, 0.1) is 5.92 Å². The Bertz CT molecular complexity index is 467. The summed E-state index contributed by atoms with van der Waals surface area (Å²) in [5, 5.41) is 3.10. The molecule has 1 aliphatic rings. The van der Waals surface area contributed by atoms with Crippen molar-refractivity contribution in [1.29, 1.82) is 0 Å². The molecule has 0 unspecified atom stereocenters. The zero-order valence-corrected chi connectivity index (χ0v) is 12.5. The first kappa shape index (κ1) is 13.4. The van der Waals surface area contributed by atoms with Gasteiger partial charge in [-0.3, -0.25) is 4.79 Å². The normalized spacial score (nSPS) is 15.3. The molecule has 18 heavy (non-hydrogen) atoms. The van der Waals surface area contributed by atoms with Crippen LogP contribution in [0.15, 0.2) is 22.7 Å². The summed E-state index contributed by atoms with van der Waals surface area (Å²) < 4.78 is 5.93. The van der Waals surface area contributed by atoms with E-state index in [9.17, 15) is 4.79 Å². The van der Waals surface area contributed by atoms with E-state index in [2.05, 4.69) is 35.1 Å². The molecule has 0 heterocycles. The first-order chi connectivity index (χ1) is 8.44. The van der Waals surface area contributed by atoms with Gasteiger partial charge in [-0.15, -0.1) is 0 Å². The van der Waals surface area contributed by atoms with Gasteiger partial charge in [0.15, 0.2) is 0 Å². The van der Waals surface area contributed by atoms with Gasteiger partial charge in [-0.1, -0.05) is 0 Å². The summed E-state index contributed by atoms with van der Waals surface area (Å²) in [6, 6.07) is 5.41. The smallest absolute Gasteiger partial charge is 0.252 e. The molecule has 98 valence electrons. The van der Waals surface area contributed by atoms with Crippen molar-refractivity contribution in [1.82, 2.24) is 5.32 Å². The SMILES string of the molecule is COc1ccc(Br)c(C(=O)NC(C)(C)C2CC2)c1. The molecule has 2 rings (SSSR count).